The van der Waals surface area contributed by atoms with Gasteiger partial charge in [0.25, 0.3) is 0 Å². The average Bonchev–Trinajstić information content (AvgIpc) is 2.90. The number of hydrogen-bond acceptors (Lipinski definition) is 4. The normalized spacial score (nSPS) is 10.7. The lowest BCUT2D eigenvalue weighted by Gasteiger charge is -1.98. The molecule has 0 aliphatic carbocycles. The fourth-order valence-electron chi connectivity index (χ4n) is 1.96. The Balaban J connectivity index is 2.10. The van der Waals surface area contributed by atoms with Crippen LogP contribution >= 0.6 is 11.3 Å². The van der Waals surface area contributed by atoms with Crippen molar-refractivity contribution in [2.45, 2.75) is 0 Å². The zero-order chi connectivity index (χ0) is 14.1. The Morgan fingerprint density at radius 3 is 2.85 bits per heavy atom. The van der Waals surface area contributed by atoms with Gasteiger partial charge in [0, 0.05) is 10.9 Å². The number of carboxylic acids is 1. The van der Waals surface area contributed by atoms with Crippen LogP contribution in [0, 0.1) is 0 Å². The van der Waals surface area contributed by atoms with Gasteiger partial charge >= 0.3 is 5.97 Å². The Hall–Kier alpha value is -2.40. The number of aromatic nitrogens is 1. The first-order valence-electron chi connectivity index (χ1n) is 5.94. The van der Waals surface area contributed by atoms with Crippen molar-refractivity contribution in [3.05, 3.63) is 48.2 Å². The quantitative estimate of drug-likeness (QED) is 0.797. The molecule has 0 saturated heterocycles. The van der Waals surface area contributed by atoms with Crippen molar-refractivity contribution in [2.24, 2.45) is 0 Å². The van der Waals surface area contributed by atoms with Gasteiger partial charge < -0.3 is 9.84 Å². The molecule has 2 heterocycles. The summed E-state index contributed by atoms with van der Waals surface area (Å²) >= 11 is 1.56. The van der Waals surface area contributed by atoms with Crippen LogP contribution in [-0.2, 0) is 0 Å². The van der Waals surface area contributed by atoms with Crippen molar-refractivity contribution >= 4 is 27.4 Å². The summed E-state index contributed by atoms with van der Waals surface area (Å²) in [6.45, 7) is 0. The number of hydrogen-bond donors (Lipinski definition) is 1. The first kappa shape index (κ1) is 12.6. The van der Waals surface area contributed by atoms with Crippen LogP contribution in [0.15, 0.2) is 42.6 Å². The van der Waals surface area contributed by atoms with E-state index >= 15 is 0 Å². The highest BCUT2D eigenvalue weighted by atomic mass is 32.1. The van der Waals surface area contributed by atoms with Crippen LogP contribution in [0.3, 0.4) is 0 Å². The molecule has 0 unspecified atom stereocenters. The number of aromatic carboxylic acids is 1. The van der Waals surface area contributed by atoms with Gasteiger partial charge in [0.05, 0.1) is 23.2 Å². The van der Waals surface area contributed by atoms with E-state index < -0.39 is 5.97 Å². The molecule has 0 aliphatic heterocycles. The molecule has 0 radical (unpaired) electrons. The monoisotopic (exact) mass is 285 g/mol. The van der Waals surface area contributed by atoms with Gasteiger partial charge in [-0.3, -0.25) is 4.98 Å². The summed E-state index contributed by atoms with van der Waals surface area (Å²) in [6, 6.07) is 10.9. The molecule has 4 nitrogen and oxygen atoms in total. The second kappa shape index (κ2) is 4.94. The highest BCUT2D eigenvalue weighted by molar-refractivity contribution is 7.22. The zero-order valence-electron chi connectivity index (χ0n) is 10.7. The van der Waals surface area contributed by atoms with Gasteiger partial charge in [-0.1, -0.05) is 0 Å². The molecular formula is C15H11NO3S. The highest BCUT2D eigenvalue weighted by Gasteiger charge is 2.09. The molecule has 0 aliphatic rings. The molecule has 0 saturated carbocycles. The molecule has 2 aromatic heterocycles. The van der Waals surface area contributed by atoms with Gasteiger partial charge in [0.2, 0.25) is 0 Å². The molecule has 3 rings (SSSR count). The van der Waals surface area contributed by atoms with Crippen molar-refractivity contribution in [2.75, 3.05) is 7.11 Å². The largest absolute Gasteiger partial charge is 0.497 e. The predicted octanol–water partition coefficient (Wildman–Crippen LogP) is 3.67. The Bertz CT molecular complexity index is 795. The van der Waals surface area contributed by atoms with Crippen LogP contribution in [-0.4, -0.2) is 23.2 Å². The van der Waals surface area contributed by atoms with Crippen LogP contribution in [0.1, 0.15) is 10.4 Å². The van der Waals surface area contributed by atoms with E-state index in [9.17, 15) is 4.79 Å². The lowest BCUT2D eigenvalue weighted by Crippen LogP contribution is -1.96. The summed E-state index contributed by atoms with van der Waals surface area (Å²) < 4.78 is 6.29. The lowest BCUT2D eigenvalue weighted by atomic mass is 10.2. The number of methoxy groups -OCH3 is 1. The van der Waals surface area contributed by atoms with E-state index in [0.29, 0.717) is 5.69 Å². The van der Waals surface area contributed by atoms with Crippen molar-refractivity contribution in [1.29, 1.82) is 0 Å². The summed E-state index contributed by atoms with van der Waals surface area (Å²) in [5, 5.41) is 10.1. The molecule has 100 valence electrons. The minimum Gasteiger partial charge on any atom is -0.497 e. The van der Waals surface area contributed by atoms with E-state index in [2.05, 4.69) is 4.98 Å². The Kier molecular flexibility index (Phi) is 3.12. The molecule has 1 N–H and O–H groups in total. The van der Waals surface area contributed by atoms with Crippen molar-refractivity contribution in [3.63, 3.8) is 0 Å². The van der Waals surface area contributed by atoms with Gasteiger partial charge in [-0.2, -0.15) is 0 Å². The summed E-state index contributed by atoms with van der Waals surface area (Å²) in [6.07, 6.45) is 1.52. The first-order valence-corrected chi connectivity index (χ1v) is 6.76. The molecule has 20 heavy (non-hydrogen) atoms. The molecule has 3 aromatic rings. The maximum absolute atomic E-state index is 11.0. The molecule has 5 heteroatoms. The van der Waals surface area contributed by atoms with Gasteiger partial charge in [-0.05, 0) is 41.8 Å². The molecule has 1 aromatic carbocycles. The highest BCUT2D eigenvalue weighted by Crippen LogP contribution is 2.34. The Morgan fingerprint density at radius 2 is 2.10 bits per heavy atom. The maximum Gasteiger partial charge on any atom is 0.335 e. The molecule has 0 fully saturated rings. The van der Waals surface area contributed by atoms with Crippen molar-refractivity contribution in [1.82, 2.24) is 4.98 Å². The Morgan fingerprint density at radius 1 is 1.25 bits per heavy atom. The number of carboxylic acid groups (broad SMARTS) is 1. The number of rotatable bonds is 3. The topological polar surface area (TPSA) is 59.4 Å². The zero-order valence-corrected chi connectivity index (χ0v) is 11.5. The van der Waals surface area contributed by atoms with E-state index in [0.717, 1.165) is 20.7 Å². The van der Waals surface area contributed by atoms with E-state index in [4.69, 9.17) is 9.84 Å². The smallest absolute Gasteiger partial charge is 0.335 e. The predicted molar refractivity (Wildman–Crippen MR) is 78.6 cm³/mol. The number of pyridine rings is 1. The first-order chi connectivity index (χ1) is 9.67. The SMILES string of the molecule is COc1ccc2cc(-c3cc(C(=O)O)ccn3)sc2c1. The van der Waals surface area contributed by atoms with Crippen LogP contribution in [0.4, 0.5) is 0 Å². The lowest BCUT2D eigenvalue weighted by molar-refractivity contribution is 0.0697. The van der Waals surface area contributed by atoms with Gasteiger partial charge in [-0.15, -0.1) is 11.3 Å². The third-order valence-corrected chi connectivity index (χ3v) is 4.11. The van der Waals surface area contributed by atoms with Gasteiger partial charge in [-0.25, -0.2) is 4.79 Å². The van der Waals surface area contributed by atoms with Crippen LogP contribution < -0.4 is 4.74 Å². The van der Waals surface area contributed by atoms with E-state index in [1.807, 2.05) is 24.3 Å². The fourth-order valence-corrected chi connectivity index (χ4v) is 3.02. The number of nitrogens with zero attached hydrogens (tertiary/aromatic N) is 1. The molecule has 0 bridgehead atoms. The van der Waals surface area contributed by atoms with Crippen LogP contribution in [0.2, 0.25) is 0 Å². The standard InChI is InChI=1S/C15H11NO3S/c1-19-11-3-2-9-7-14(20-13(9)8-11)12-6-10(15(17)18)4-5-16-12/h2-8H,1H3,(H,17,18). The third-order valence-electron chi connectivity index (χ3n) is 2.99. The number of thiophene rings is 1. The molecular weight excluding hydrogens is 274 g/mol. The summed E-state index contributed by atoms with van der Waals surface area (Å²) in [5.74, 6) is -0.144. The van der Waals surface area contributed by atoms with Crippen molar-refractivity contribution in [3.8, 4) is 16.3 Å². The van der Waals surface area contributed by atoms with Gasteiger partial charge in [0.15, 0.2) is 0 Å². The van der Waals surface area contributed by atoms with Crippen molar-refractivity contribution < 1.29 is 14.6 Å². The summed E-state index contributed by atoms with van der Waals surface area (Å²) in [7, 11) is 1.63. The minimum absolute atomic E-state index is 0.241. The number of carbonyl (C=O) groups is 1. The average molecular weight is 285 g/mol. The molecule has 0 amide bonds. The van der Waals surface area contributed by atoms with Crippen LogP contribution in [0.5, 0.6) is 5.75 Å². The van der Waals surface area contributed by atoms with Gasteiger partial charge in [0.1, 0.15) is 5.75 Å². The Labute approximate surface area is 119 Å². The van der Waals surface area contributed by atoms with E-state index in [1.54, 1.807) is 24.5 Å². The van der Waals surface area contributed by atoms with E-state index in [-0.39, 0.29) is 5.56 Å². The number of fused-ring (bicyclic) bond motifs is 1. The third kappa shape index (κ3) is 2.23. The maximum atomic E-state index is 11.0. The second-order valence-electron chi connectivity index (χ2n) is 4.25. The second-order valence-corrected chi connectivity index (χ2v) is 5.33. The number of ether oxygens (including phenoxy) is 1. The fraction of sp³-hybridized carbons (Fsp3) is 0.0667. The summed E-state index contributed by atoms with van der Waals surface area (Å²) in [4.78, 5) is 16.2. The number of benzene rings is 1. The minimum atomic E-state index is -0.948. The molecule has 0 atom stereocenters. The van der Waals surface area contributed by atoms with Crippen LogP contribution in [0.25, 0.3) is 20.7 Å². The van der Waals surface area contributed by atoms with E-state index in [1.165, 1.54) is 12.3 Å². The molecule has 0 spiro atoms. The summed E-state index contributed by atoms with van der Waals surface area (Å²) in [5.41, 5.74) is 0.912.